The maximum Gasteiger partial charge on any atom is 0.231 e. The maximum atomic E-state index is 12.9. The van der Waals surface area contributed by atoms with E-state index in [4.69, 9.17) is 23.4 Å². The standard InChI is InChI=1S/C21H20BrNO6/c1-25-16-9-13(10-17(26-2)19(16)22)14-6-7-15(29-14)20(24)21(28-4)12-5-8-18(27-3)23-11-12/h5-11,21H,1-4H3. The zero-order valence-electron chi connectivity index (χ0n) is 16.4. The topological polar surface area (TPSA) is 80.0 Å². The average Bonchev–Trinajstić information content (AvgIpc) is 3.25. The maximum absolute atomic E-state index is 12.9. The van der Waals surface area contributed by atoms with Crippen LogP contribution in [0.3, 0.4) is 0 Å². The van der Waals surface area contributed by atoms with Crippen molar-refractivity contribution in [3.63, 3.8) is 0 Å². The van der Waals surface area contributed by atoms with Gasteiger partial charge in [-0.3, -0.25) is 4.79 Å². The number of halogens is 1. The lowest BCUT2D eigenvalue weighted by Gasteiger charge is -2.13. The van der Waals surface area contributed by atoms with E-state index in [0.717, 1.165) is 0 Å². The Kier molecular flexibility index (Phi) is 6.56. The largest absolute Gasteiger partial charge is 0.495 e. The molecule has 29 heavy (non-hydrogen) atoms. The van der Waals surface area contributed by atoms with E-state index in [2.05, 4.69) is 20.9 Å². The van der Waals surface area contributed by atoms with Crippen LogP contribution in [0.25, 0.3) is 11.3 Å². The summed E-state index contributed by atoms with van der Waals surface area (Å²) in [4.78, 5) is 17.1. The molecule has 2 aromatic heterocycles. The van der Waals surface area contributed by atoms with Crippen molar-refractivity contribution in [1.82, 2.24) is 4.98 Å². The summed E-state index contributed by atoms with van der Waals surface area (Å²) in [5.74, 6) is 1.98. The van der Waals surface area contributed by atoms with Crippen LogP contribution in [0.15, 0.2) is 51.5 Å². The number of nitrogens with zero attached hydrogens (tertiary/aromatic N) is 1. The van der Waals surface area contributed by atoms with Gasteiger partial charge in [-0.1, -0.05) is 0 Å². The molecule has 0 fully saturated rings. The van der Waals surface area contributed by atoms with Gasteiger partial charge in [-0.2, -0.15) is 0 Å². The Bertz CT molecular complexity index is 974. The van der Waals surface area contributed by atoms with E-state index in [1.54, 1.807) is 56.8 Å². The number of furan rings is 1. The van der Waals surface area contributed by atoms with Crippen LogP contribution in [0.2, 0.25) is 0 Å². The Morgan fingerprint density at radius 3 is 2.21 bits per heavy atom. The lowest BCUT2D eigenvalue weighted by molar-refractivity contribution is 0.0576. The van der Waals surface area contributed by atoms with Crippen molar-refractivity contribution in [3.05, 3.63) is 58.4 Å². The Balaban J connectivity index is 1.91. The molecule has 0 aliphatic rings. The van der Waals surface area contributed by atoms with Crippen LogP contribution in [-0.4, -0.2) is 39.2 Å². The average molecular weight is 462 g/mol. The summed E-state index contributed by atoms with van der Waals surface area (Å²) >= 11 is 3.44. The molecule has 0 bridgehead atoms. The fourth-order valence-corrected chi connectivity index (χ4v) is 3.38. The van der Waals surface area contributed by atoms with Gasteiger partial charge in [0.25, 0.3) is 0 Å². The minimum atomic E-state index is -0.846. The highest BCUT2D eigenvalue weighted by molar-refractivity contribution is 9.10. The number of ether oxygens (including phenoxy) is 4. The van der Waals surface area contributed by atoms with E-state index in [1.165, 1.54) is 14.2 Å². The fourth-order valence-electron chi connectivity index (χ4n) is 2.83. The van der Waals surface area contributed by atoms with E-state index in [9.17, 15) is 4.79 Å². The molecular weight excluding hydrogens is 442 g/mol. The van der Waals surface area contributed by atoms with Gasteiger partial charge in [-0.05, 0) is 46.3 Å². The van der Waals surface area contributed by atoms with Crippen molar-refractivity contribution < 1.29 is 28.2 Å². The van der Waals surface area contributed by atoms with Crippen molar-refractivity contribution in [2.24, 2.45) is 0 Å². The third-order valence-corrected chi connectivity index (χ3v) is 5.11. The Morgan fingerprint density at radius 1 is 1.00 bits per heavy atom. The third-order valence-electron chi connectivity index (χ3n) is 4.32. The van der Waals surface area contributed by atoms with Gasteiger partial charge in [0.1, 0.15) is 27.8 Å². The predicted molar refractivity (Wildman–Crippen MR) is 110 cm³/mol. The van der Waals surface area contributed by atoms with Gasteiger partial charge in [0.05, 0.1) is 21.3 Å². The minimum Gasteiger partial charge on any atom is -0.495 e. The summed E-state index contributed by atoms with van der Waals surface area (Å²) in [6.07, 6.45) is 0.695. The Hall–Kier alpha value is -2.84. The van der Waals surface area contributed by atoms with E-state index in [1.807, 2.05) is 0 Å². The van der Waals surface area contributed by atoms with Crippen LogP contribution in [0.1, 0.15) is 22.2 Å². The summed E-state index contributed by atoms with van der Waals surface area (Å²) in [7, 11) is 6.11. The van der Waals surface area contributed by atoms with Gasteiger partial charge in [-0.25, -0.2) is 4.98 Å². The molecule has 0 radical (unpaired) electrons. The zero-order chi connectivity index (χ0) is 21.0. The molecule has 0 spiro atoms. The number of Topliss-reactive ketones (excluding diaryl/α,β-unsaturated/α-hetero) is 1. The molecule has 0 aliphatic carbocycles. The highest BCUT2D eigenvalue weighted by Gasteiger charge is 2.25. The molecule has 7 nitrogen and oxygen atoms in total. The van der Waals surface area contributed by atoms with E-state index < -0.39 is 6.10 Å². The second-order valence-electron chi connectivity index (χ2n) is 5.97. The molecule has 8 heteroatoms. The van der Waals surface area contributed by atoms with Gasteiger partial charge in [0.15, 0.2) is 5.76 Å². The molecule has 0 saturated carbocycles. The van der Waals surface area contributed by atoms with Gasteiger partial charge in [-0.15, -0.1) is 0 Å². The number of aromatic nitrogens is 1. The molecule has 0 amide bonds. The molecule has 0 N–H and O–H groups in total. The molecule has 1 atom stereocenters. The summed E-state index contributed by atoms with van der Waals surface area (Å²) in [5, 5.41) is 0. The van der Waals surface area contributed by atoms with Crippen LogP contribution in [0.5, 0.6) is 17.4 Å². The Morgan fingerprint density at radius 2 is 1.69 bits per heavy atom. The second-order valence-corrected chi connectivity index (χ2v) is 6.77. The smallest absolute Gasteiger partial charge is 0.231 e. The van der Waals surface area contributed by atoms with Crippen molar-refractivity contribution >= 4 is 21.7 Å². The number of rotatable bonds is 8. The van der Waals surface area contributed by atoms with Crippen molar-refractivity contribution in [2.75, 3.05) is 28.4 Å². The first-order chi connectivity index (χ1) is 14.0. The molecule has 3 aromatic rings. The third kappa shape index (κ3) is 4.28. The first kappa shape index (κ1) is 20.9. The number of pyridine rings is 1. The highest BCUT2D eigenvalue weighted by Crippen LogP contribution is 2.39. The highest BCUT2D eigenvalue weighted by atomic mass is 79.9. The summed E-state index contributed by atoms with van der Waals surface area (Å²) in [6, 6.07) is 10.3. The van der Waals surface area contributed by atoms with Crippen LogP contribution in [0.4, 0.5) is 0 Å². The molecular formula is C21H20BrNO6. The number of carbonyl (C=O) groups excluding carboxylic acids is 1. The number of carbonyl (C=O) groups is 1. The monoisotopic (exact) mass is 461 g/mol. The molecule has 1 unspecified atom stereocenters. The lowest BCUT2D eigenvalue weighted by Crippen LogP contribution is -2.14. The van der Waals surface area contributed by atoms with E-state index in [0.29, 0.717) is 38.7 Å². The van der Waals surface area contributed by atoms with E-state index >= 15 is 0 Å². The first-order valence-corrected chi connectivity index (χ1v) is 9.40. The van der Waals surface area contributed by atoms with Crippen molar-refractivity contribution in [1.29, 1.82) is 0 Å². The van der Waals surface area contributed by atoms with Crippen molar-refractivity contribution in [2.45, 2.75) is 6.10 Å². The fraction of sp³-hybridized carbons (Fsp3) is 0.238. The molecule has 0 saturated heterocycles. The lowest BCUT2D eigenvalue weighted by atomic mass is 10.1. The molecule has 3 rings (SSSR count). The van der Waals surface area contributed by atoms with Crippen LogP contribution in [0, 0.1) is 0 Å². The molecule has 2 heterocycles. The van der Waals surface area contributed by atoms with Gasteiger partial charge in [0.2, 0.25) is 11.7 Å². The van der Waals surface area contributed by atoms with Gasteiger partial charge in [0, 0.05) is 30.5 Å². The Labute approximate surface area is 176 Å². The number of methoxy groups -OCH3 is 4. The SMILES string of the molecule is COc1ccc(C(OC)C(=O)c2ccc(-c3cc(OC)c(Br)c(OC)c3)o2)cn1. The number of hydrogen-bond donors (Lipinski definition) is 0. The number of benzene rings is 1. The molecule has 0 aliphatic heterocycles. The van der Waals surface area contributed by atoms with E-state index in [-0.39, 0.29) is 11.5 Å². The summed E-state index contributed by atoms with van der Waals surface area (Å²) in [5.41, 5.74) is 1.31. The molecule has 1 aromatic carbocycles. The second kappa shape index (κ2) is 9.11. The first-order valence-electron chi connectivity index (χ1n) is 8.61. The summed E-state index contributed by atoms with van der Waals surface area (Å²) in [6.45, 7) is 0. The number of ketones is 1. The normalized spacial score (nSPS) is 11.8. The summed E-state index contributed by atoms with van der Waals surface area (Å²) < 4.78 is 27.7. The minimum absolute atomic E-state index is 0.170. The van der Waals surface area contributed by atoms with Gasteiger partial charge >= 0.3 is 0 Å². The van der Waals surface area contributed by atoms with Crippen molar-refractivity contribution in [3.8, 4) is 28.7 Å². The quantitative estimate of drug-likeness (QED) is 0.449. The van der Waals surface area contributed by atoms with Crippen LogP contribution < -0.4 is 14.2 Å². The molecule has 152 valence electrons. The van der Waals surface area contributed by atoms with Crippen LogP contribution in [-0.2, 0) is 4.74 Å². The van der Waals surface area contributed by atoms with Gasteiger partial charge < -0.3 is 23.4 Å². The zero-order valence-corrected chi connectivity index (χ0v) is 18.0. The number of hydrogen-bond acceptors (Lipinski definition) is 7. The van der Waals surface area contributed by atoms with Crippen LogP contribution >= 0.6 is 15.9 Å². The predicted octanol–water partition coefficient (Wildman–Crippen LogP) is 4.70.